The van der Waals surface area contributed by atoms with Crippen LogP contribution >= 0.6 is 11.3 Å². The fourth-order valence-electron chi connectivity index (χ4n) is 2.62. The summed E-state index contributed by atoms with van der Waals surface area (Å²) in [6.45, 7) is 2.40. The van der Waals surface area contributed by atoms with E-state index in [0.717, 1.165) is 42.3 Å². The van der Waals surface area contributed by atoms with Gasteiger partial charge in [0.05, 0.1) is 25.0 Å². The summed E-state index contributed by atoms with van der Waals surface area (Å²) in [5.41, 5.74) is 2.19. The Morgan fingerprint density at radius 3 is 3.00 bits per heavy atom. The SMILES string of the molecule is OCCOC1CCCN(c2nc(-c3ccccc3)cs2)C1. The van der Waals surface area contributed by atoms with Crippen molar-refractivity contribution in [2.75, 3.05) is 31.2 Å². The first-order valence-electron chi connectivity index (χ1n) is 7.35. The lowest BCUT2D eigenvalue weighted by Gasteiger charge is -2.32. The first-order valence-corrected chi connectivity index (χ1v) is 8.23. The van der Waals surface area contributed by atoms with Gasteiger partial charge in [-0.3, -0.25) is 0 Å². The third kappa shape index (κ3) is 3.61. The molecule has 2 aromatic rings. The average Bonchev–Trinajstić information content (AvgIpc) is 3.04. The lowest BCUT2D eigenvalue weighted by molar-refractivity contribution is 0.0214. The Labute approximate surface area is 129 Å². The van der Waals surface area contributed by atoms with Crippen LogP contribution < -0.4 is 4.90 Å². The van der Waals surface area contributed by atoms with E-state index in [1.54, 1.807) is 11.3 Å². The van der Waals surface area contributed by atoms with E-state index in [2.05, 4.69) is 22.4 Å². The Morgan fingerprint density at radius 1 is 1.33 bits per heavy atom. The molecule has 0 saturated carbocycles. The Kier molecular flexibility index (Phi) is 4.85. The summed E-state index contributed by atoms with van der Waals surface area (Å²) in [5, 5.41) is 12.0. The molecular weight excluding hydrogens is 284 g/mol. The lowest BCUT2D eigenvalue weighted by atomic mass is 10.1. The van der Waals surface area contributed by atoms with E-state index in [1.807, 2.05) is 18.2 Å². The minimum Gasteiger partial charge on any atom is -0.394 e. The van der Waals surface area contributed by atoms with Crippen LogP contribution in [0.1, 0.15) is 12.8 Å². The fourth-order valence-corrected chi connectivity index (χ4v) is 3.49. The third-order valence-electron chi connectivity index (χ3n) is 3.66. The lowest BCUT2D eigenvalue weighted by Crippen LogP contribution is -2.40. The molecule has 3 rings (SSSR count). The maximum Gasteiger partial charge on any atom is 0.185 e. The van der Waals surface area contributed by atoms with Crippen molar-refractivity contribution in [3.63, 3.8) is 0 Å². The summed E-state index contributed by atoms with van der Waals surface area (Å²) < 4.78 is 5.66. The minimum atomic E-state index is 0.0892. The number of aliphatic hydroxyl groups excluding tert-OH is 1. The molecule has 1 aliphatic heterocycles. The summed E-state index contributed by atoms with van der Waals surface area (Å²) in [5.74, 6) is 0. The molecule has 0 amide bonds. The van der Waals surface area contributed by atoms with Gasteiger partial charge >= 0.3 is 0 Å². The van der Waals surface area contributed by atoms with Crippen LogP contribution in [0.25, 0.3) is 11.3 Å². The van der Waals surface area contributed by atoms with Crippen LogP contribution in [0.2, 0.25) is 0 Å². The van der Waals surface area contributed by atoms with Crippen LogP contribution in [0.5, 0.6) is 0 Å². The second-order valence-corrected chi connectivity index (χ2v) is 6.02. The van der Waals surface area contributed by atoms with Gasteiger partial charge in [0.1, 0.15) is 0 Å². The van der Waals surface area contributed by atoms with Gasteiger partial charge in [-0.05, 0) is 12.8 Å². The highest BCUT2D eigenvalue weighted by molar-refractivity contribution is 7.14. The Morgan fingerprint density at radius 2 is 2.19 bits per heavy atom. The van der Waals surface area contributed by atoms with Gasteiger partial charge in [0.15, 0.2) is 5.13 Å². The monoisotopic (exact) mass is 304 g/mol. The number of piperidine rings is 1. The van der Waals surface area contributed by atoms with Gasteiger partial charge in [-0.2, -0.15) is 0 Å². The average molecular weight is 304 g/mol. The van der Waals surface area contributed by atoms with Gasteiger partial charge in [0.2, 0.25) is 0 Å². The molecule has 1 aromatic carbocycles. The van der Waals surface area contributed by atoms with Crippen LogP contribution in [0, 0.1) is 0 Å². The Bertz CT molecular complexity index is 558. The summed E-state index contributed by atoms with van der Waals surface area (Å²) in [7, 11) is 0. The highest BCUT2D eigenvalue weighted by atomic mass is 32.1. The van der Waals surface area contributed by atoms with Crippen molar-refractivity contribution in [3.8, 4) is 11.3 Å². The van der Waals surface area contributed by atoms with E-state index in [4.69, 9.17) is 14.8 Å². The minimum absolute atomic E-state index is 0.0892. The molecule has 0 spiro atoms. The number of aliphatic hydroxyl groups is 1. The zero-order valence-corrected chi connectivity index (χ0v) is 12.8. The Hall–Kier alpha value is -1.43. The van der Waals surface area contributed by atoms with Gasteiger partial charge in [0, 0.05) is 24.0 Å². The van der Waals surface area contributed by atoms with Gasteiger partial charge in [-0.15, -0.1) is 11.3 Å². The predicted octanol–water partition coefficient (Wildman–Crippen LogP) is 2.79. The molecule has 5 heteroatoms. The summed E-state index contributed by atoms with van der Waals surface area (Å²) in [6.07, 6.45) is 2.37. The number of anilines is 1. The second kappa shape index (κ2) is 7.02. The zero-order valence-electron chi connectivity index (χ0n) is 11.9. The molecule has 2 heterocycles. The summed E-state index contributed by atoms with van der Waals surface area (Å²) in [4.78, 5) is 7.05. The standard InChI is InChI=1S/C16H20N2O2S/c19-9-10-20-14-7-4-8-18(11-14)16-17-15(12-21-16)13-5-2-1-3-6-13/h1-3,5-6,12,14,19H,4,7-11H2. The number of thiazole rings is 1. The second-order valence-electron chi connectivity index (χ2n) is 5.19. The smallest absolute Gasteiger partial charge is 0.185 e. The number of benzene rings is 1. The van der Waals surface area contributed by atoms with E-state index in [-0.39, 0.29) is 12.7 Å². The van der Waals surface area contributed by atoms with Gasteiger partial charge < -0.3 is 14.7 Å². The molecule has 0 radical (unpaired) electrons. The highest BCUT2D eigenvalue weighted by Crippen LogP contribution is 2.29. The van der Waals surface area contributed by atoms with Crippen molar-refractivity contribution in [2.24, 2.45) is 0 Å². The van der Waals surface area contributed by atoms with Gasteiger partial charge in [-0.1, -0.05) is 30.3 Å². The van der Waals surface area contributed by atoms with E-state index in [9.17, 15) is 0 Å². The molecule has 4 nitrogen and oxygen atoms in total. The number of hydrogen-bond acceptors (Lipinski definition) is 5. The fraction of sp³-hybridized carbons (Fsp3) is 0.438. The highest BCUT2D eigenvalue weighted by Gasteiger charge is 2.22. The van der Waals surface area contributed by atoms with Gasteiger partial charge in [-0.25, -0.2) is 4.98 Å². The van der Waals surface area contributed by atoms with Crippen molar-refractivity contribution in [2.45, 2.75) is 18.9 Å². The molecule has 1 saturated heterocycles. The zero-order chi connectivity index (χ0) is 14.5. The molecule has 1 fully saturated rings. The number of rotatable bonds is 5. The first-order chi connectivity index (χ1) is 10.4. The summed E-state index contributed by atoms with van der Waals surface area (Å²) >= 11 is 1.69. The van der Waals surface area contributed by atoms with Crippen LogP contribution in [0.4, 0.5) is 5.13 Å². The molecule has 112 valence electrons. The van der Waals surface area contributed by atoms with Crippen LogP contribution in [-0.4, -0.2) is 42.5 Å². The molecular formula is C16H20N2O2S. The quantitative estimate of drug-likeness (QED) is 0.922. The number of nitrogens with zero attached hydrogens (tertiary/aromatic N) is 2. The van der Waals surface area contributed by atoms with E-state index in [0.29, 0.717) is 6.61 Å². The third-order valence-corrected chi connectivity index (χ3v) is 4.56. The summed E-state index contributed by atoms with van der Waals surface area (Å²) in [6, 6.07) is 10.3. The van der Waals surface area contributed by atoms with Crippen molar-refractivity contribution < 1.29 is 9.84 Å². The molecule has 0 aliphatic carbocycles. The molecule has 21 heavy (non-hydrogen) atoms. The number of hydrogen-bond donors (Lipinski definition) is 1. The Balaban J connectivity index is 1.68. The van der Waals surface area contributed by atoms with Crippen LogP contribution in [0.3, 0.4) is 0 Å². The van der Waals surface area contributed by atoms with Gasteiger partial charge in [0.25, 0.3) is 0 Å². The van der Waals surface area contributed by atoms with E-state index in [1.165, 1.54) is 0 Å². The molecule has 1 atom stereocenters. The topological polar surface area (TPSA) is 45.6 Å². The van der Waals surface area contributed by atoms with Crippen LogP contribution in [0.15, 0.2) is 35.7 Å². The molecule has 1 unspecified atom stereocenters. The number of aromatic nitrogens is 1. The van der Waals surface area contributed by atoms with Crippen molar-refractivity contribution in [1.82, 2.24) is 4.98 Å². The number of ether oxygens (including phenoxy) is 1. The molecule has 1 aromatic heterocycles. The normalized spacial score (nSPS) is 18.9. The molecule has 0 bridgehead atoms. The van der Waals surface area contributed by atoms with Crippen molar-refractivity contribution in [3.05, 3.63) is 35.7 Å². The molecule has 1 aliphatic rings. The van der Waals surface area contributed by atoms with Crippen molar-refractivity contribution in [1.29, 1.82) is 0 Å². The molecule has 1 N–H and O–H groups in total. The van der Waals surface area contributed by atoms with Crippen molar-refractivity contribution >= 4 is 16.5 Å². The maximum absolute atomic E-state index is 8.86. The largest absolute Gasteiger partial charge is 0.394 e. The predicted molar refractivity (Wildman–Crippen MR) is 85.8 cm³/mol. The maximum atomic E-state index is 8.86. The van der Waals surface area contributed by atoms with E-state index < -0.39 is 0 Å². The van der Waals surface area contributed by atoms with E-state index >= 15 is 0 Å². The van der Waals surface area contributed by atoms with Crippen LogP contribution in [-0.2, 0) is 4.74 Å². The first kappa shape index (κ1) is 14.5.